The first-order chi connectivity index (χ1) is 10.1. The lowest BCUT2D eigenvalue weighted by Crippen LogP contribution is -2.13. The molecule has 0 saturated carbocycles. The number of sulfonamides is 1. The third-order valence-electron chi connectivity index (χ3n) is 2.81. The molecule has 0 aliphatic carbocycles. The highest BCUT2D eigenvalue weighted by atomic mass is 32.2. The number of nitrogens with zero attached hydrogens (tertiary/aromatic N) is 5. The minimum Gasteiger partial charge on any atom is -0.334 e. The summed E-state index contributed by atoms with van der Waals surface area (Å²) in [4.78, 5) is 6.25. The van der Waals surface area contributed by atoms with Crippen molar-refractivity contribution in [3.8, 4) is 5.69 Å². The molecule has 9 nitrogen and oxygen atoms in total. The molecule has 108 valence electrons. The van der Waals surface area contributed by atoms with Crippen molar-refractivity contribution >= 4 is 15.7 Å². The first-order valence-electron chi connectivity index (χ1n) is 5.91. The van der Waals surface area contributed by atoms with Crippen molar-refractivity contribution in [1.82, 2.24) is 30.2 Å². The second-order valence-electron chi connectivity index (χ2n) is 4.28. The van der Waals surface area contributed by atoms with Gasteiger partial charge in [0.05, 0.1) is 18.2 Å². The van der Waals surface area contributed by atoms with Crippen molar-refractivity contribution in [3.05, 3.63) is 42.6 Å². The third-order valence-corrected chi connectivity index (χ3v) is 4.11. The molecule has 0 fully saturated rings. The number of tetrazole rings is 1. The highest BCUT2D eigenvalue weighted by Crippen LogP contribution is 2.20. The largest absolute Gasteiger partial charge is 0.334 e. The van der Waals surface area contributed by atoms with Crippen molar-refractivity contribution in [2.45, 2.75) is 11.9 Å². The van der Waals surface area contributed by atoms with E-state index in [1.807, 2.05) is 6.92 Å². The first kappa shape index (κ1) is 13.2. The van der Waals surface area contributed by atoms with Crippen LogP contribution in [0.3, 0.4) is 0 Å². The Labute approximate surface area is 120 Å². The molecule has 2 aromatic heterocycles. The van der Waals surface area contributed by atoms with Crippen LogP contribution in [0.5, 0.6) is 0 Å². The summed E-state index contributed by atoms with van der Waals surface area (Å²) in [6, 6.07) is 5.07. The molecule has 0 bridgehead atoms. The number of aryl methyl sites for hydroxylation is 1. The summed E-state index contributed by atoms with van der Waals surface area (Å²) in [5.41, 5.74) is 2.04. The normalized spacial score (nSPS) is 11.5. The van der Waals surface area contributed by atoms with E-state index in [4.69, 9.17) is 0 Å². The summed E-state index contributed by atoms with van der Waals surface area (Å²) in [6.45, 7) is 1.84. The van der Waals surface area contributed by atoms with Crippen LogP contribution in [0, 0.1) is 6.92 Å². The number of nitrogens with one attached hydrogen (secondary N) is 2. The number of aromatic amines is 1. The molecule has 0 unspecified atom stereocenters. The van der Waals surface area contributed by atoms with E-state index in [1.165, 1.54) is 23.5 Å². The lowest BCUT2D eigenvalue weighted by Gasteiger charge is -2.09. The molecule has 2 heterocycles. The van der Waals surface area contributed by atoms with Crippen LogP contribution >= 0.6 is 0 Å². The standard InChI is InChI=1S/C11H11N7O2S/c1-8-4-9(2-3-10(8)18-7-14-16-17-18)15-21(19,20)11-5-12-6-13-11/h2-7,15H,1H3,(H,12,13). The van der Waals surface area contributed by atoms with Gasteiger partial charge >= 0.3 is 0 Å². The molecule has 0 atom stereocenters. The van der Waals surface area contributed by atoms with Gasteiger partial charge in [0.1, 0.15) is 6.33 Å². The zero-order valence-corrected chi connectivity index (χ0v) is 11.7. The molecular formula is C11H11N7O2S. The zero-order valence-electron chi connectivity index (χ0n) is 10.9. The van der Waals surface area contributed by atoms with Crippen LogP contribution in [0.15, 0.2) is 42.1 Å². The second-order valence-corrected chi connectivity index (χ2v) is 5.93. The molecule has 3 rings (SSSR count). The van der Waals surface area contributed by atoms with Gasteiger partial charge in [0.25, 0.3) is 10.0 Å². The Kier molecular flexibility index (Phi) is 3.14. The lowest BCUT2D eigenvalue weighted by molar-refractivity contribution is 0.598. The molecule has 2 N–H and O–H groups in total. The highest BCUT2D eigenvalue weighted by Gasteiger charge is 2.16. The van der Waals surface area contributed by atoms with E-state index in [9.17, 15) is 8.42 Å². The Morgan fingerprint density at radius 1 is 1.33 bits per heavy atom. The maximum absolute atomic E-state index is 12.1. The van der Waals surface area contributed by atoms with Crippen LogP contribution in [0.2, 0.25) is 0 Å². The van der Waals surface area contributed by atoms with E-state index in [0.29, 0.717) is 5.69 Å². The van der Waals surface area contributed by atoms with Gasteiger partial charge in [-0.05, 0) is 41.1 Å². The van der Waals surface area contributed by atoms with Gasteiger partial charge in [-0.3, -0.25) is 4.72 Å². The molecule has 0 radical (unpaired) electrons. The topological polar surface area (TPSA) is 118 Å². The van der Waals surface area contributed by atoms with Gasteiger partial charge in [-0.2, -0.15) is 8.42 Å². The Hall–Kier alpha value is -2.75. The van der Waals surface area contributed by atoms with Crippen LogP contribution in [0.25, 0.3) is 5.69 Å². The quantitative estimate of drug-likeness (QED) is 0.724. The van der Waals surface area contributed by atoms with Gasteiger partial charge in [0.15, 0.2) is 5.03 Å². The molecule has 3 aromatic rings. The molecule has 0 aliphatic rings. The van der Waals surface area contributed by atoms with Crippen molar-refractivity contribution in [1.29, 1.82) is 0 Å². The maximum atomic E-state index is 12.1. The van der Waals surface area contributed by atoms with Crippen molar-refractivity contribution in [2.24, 2.45) is 0 Å². The smallest absolute Gasteiger partial charge is 0.278 e. The van der Waals surface area contributed by atoms with Gasteiger partial charge in [0, 0.05) is 5.69 Å². The maximum Gasteiger partial charge on any atom is 0.278 e. The Morgan fingerprint density at radius 2 is 2.19 bits per heavy atom. The minimum absolute atomic E-state index is 0.00436. The monoisotopic (exact) mass is 305 g/mol. The third kappa shape index (κ3) is 2.60. The molecule has 10 heteroatoms. The van der Waals surface area contributed by atoms with Crippen LogP contribution in [0.4, 0.5) is 5.69 Å². The number of anilines is 1. The van der Waals surface area contributed by atoms with E-state index < -0.39 is 10.0 Å². The van der Waals surface area contributed by atoms with E-state index in [2.05, 4.69) is 30.2 Å². The fraction of sp³-hybridized carbons (Fsp3) is 0.0909. The van der Waals surface area contributed by atoms with Crippen LogP contribution in [0.1, 0.15) is 5.56 Å². The average Bonchev–Trinajstić information content (AvgIpc) is 3.12. The number of hydrogen-bond donors (Lipinski definition) is 2. The second kappa shape index (κ2) is 4.98. The number of aromatic nitrogens is 6. The van der Waals surface area contributed by atoms with Gasteiger partial charge in [-0.15, -0.1) is 5.10 Å². The van der Waals surface area contributed by atoms with Gasteiger partial charge in [-0.25, -0.2) is 9.67 Å². The zero-order chi connectivity index (χ0) is 14.9. The van der Waals surface area contributed by atoms with Gasteiger partial charge < -0.3 is 4.98 Å². The number of rotatable bonds is 4. The van der Waals surface area contributed by atoms with E-state index in [0.717, 1.165) is 11.3 Å². The van der Waals surface area contributed by atoms with Crippen molar-refractivity contribution < 1.29 is 8.42 Å². The lowest BCUT2D eigenvalue weighted by atomic mass is 10.2. The predicted octanol–water partition coefficient (Wildman–Crippen LogP) is 0.495. The molecule has 1 aromatic carbocycles. The predicted molar refractivity (Wildman–Crippen MR) is 73.3 cm³/mol. The summed E-state index contributed by atoms with van der Waals surface area (Å²) in [6.07, 6.45) is 4.02. The van der Waals surface area contributed by atoms with Crippen LogP contribution in [-0.4, -0.2) is 38.6 Å². The van der Waals surface area contributed by atoms with E-state index >= 15 is 0 Å². The molecular weight excluding hydrogens is 294 g/mol. The number of H-pyrrole nitrogens is 1. The first-order valence-corrected chi connectivity index (χ1v) is 7.40. The molecule has 0 amide bonds. The molecule has 0 aliphatic heterocycles. The summed E-state index contributed by atoms with van der Waals surface area (Å²) in [5.74, 6) is 0. The highest BCUT2D eigenvalue weighted by molar-refractivity contribution is 7.92. The number of hydrogen-bond acceptors (Lipinski definition) is 6. The Balaban J connectivity index is 1.90. The SMILES string of the molecule is Cc1cc(NS(=O)(=O)c2cnc[nH]2)ccc1-n1cnnn1. The summed E-state index contributed by atoms with van der Waals surface area (Å²) >= 11 is 0. The number of imidazole rings is 1. The Morgan fingerprint density at radius 3 is 2.81 bits per heavy atom. The Bertz CT molecular complexity index is 841. The number of benzene rings is 1. The van der Waals surface area contributed by atoms with E-state index in [1.54, 1.807) is 18.2 Å². The molecule has 21 heavy (non-hydrogen) atoms. The van der Waals surface area contributed by atoms with Crippen molar-refractivity contribution in [3.63, 3.8) is 0 Å². The molecule has 0 saturated heterocycles. The minimum atomic E-state index is -3.67. The summed E-state index contributed by atoms with van der Waals surface area (Å²) in [5, 5.41) is 10.9. The van der Waals surface area contributed by atoms with Crippen LogP contribution < -0.4 is 4.72 Å². The average molecular weight is 305 g/mol. The van der Waals surface area contributed by atoms with Crippen LogP contribution in [-0.2, 0) is 10.0 Å². The fourth-order valence-corrected chi connectivity index (χ4v) is 2.80. The fourth-order valence-electron chi connectivity index (χ4n) is 1.85. The van der Waals surface area contributed by atoms with Gasteiger partial charge in [0.2, 0.25) is 0 Å². The van der Waals surface area contributed by atoms with Gasteiger partial charge in [-0.1, -0.05) is 0 Å². The van der Waals surface area contributed by atoms with E-state index in [-0.39, 0.29) is 5.03 Å². The summed E-state index contributed by atoms with van der Waals surface area (Å²) in [7, 11) is -3.67. The molecule has 0 spiro atoms. The van der Waals surface area contributed by atoms with Crippen molar-refractivity contribution in [2.75, 3.05) is 4.72 Å². The summed E-state index contributed by atoms with van der Waals surface area (Å²) < 4.78 is 28.1.